The summed E-state index contributed by atoms with van der Waals surface area (Å²) in [6, 6.07) is 0. The summed E-state index contributed by atoms with van der Waals surface area (Å²) < 4.78 is 53.8. The van der Waals surface area contributed by atoms with Crippen LogP contribution >= 0.6 is 0 Å². The van der Waals surface area contributed by atoms with Crippen LogP contribution in [-0.2, 0) is 23.5 Å². The molecule has 0 fully saturated rings. The zero-order valence-corrected chi connectivity index (χ0v) is 13.8. The predicted octanol–water partition coefficient (Wildman–Crippen LogP) is 2.66. The van der Waals surface area contributed by atoms with Gasteiger partial charge in [0, 0.05) is 0 Å². The summed E-state index contributed by atoms with van der Waals surface area (Å²) in [6.45, 7) is 5.84. The molecule has 0 radical (unpaired) electrons. The molecule has 0 rings (SSSR count). The molecule has 0 spiro atoms. The second kappa shape index (κ2) is 7.26. The molecular weight excluding hydrogens is 309 g/mol. The summed E-state index contributed by atoms with van der Waals surface area (Å²) in [6.07, 6.45) is -4.27. The maximum Gasteiger partial charge on any atom is 0.438 e. The van der Waals surface area contributed by atoms with Gasteiger partial charge in [0.1, 0.15) is 0 Å². The fourth-order valence-electron chi connectivity index (χ4n) is 1.47. The quantitative estimate of drug-likeness (QED) is 0.311. The SMILES string of the molecule is CCCCOC(=O)C(O[Si](C)(C)C)(C(=O)OC)C(F)(F)F. The minimum absolute atomic E-state index is 0.223. The van der Waals surface area contributed by atoms with Crippen molar-refractivity contribution in [1.29, 1.82) is 0 Å². The summed E-state index contributed by atoms with van der Waals surface area (Å²) in [5, 5.41) is 0. The van der Waals surface area contributed by atoms with E-state index in [2.05, 4.69) is 9.47 Å². The summed E-state index contributed by atoms with van der Waals surface area (Å²) in [5.74, 6) is -3.60. The Morgan fingerprint density at radius 2 is 1.62 bits per heavy atom. The minimum Gasteiger partial charge on any atom is -0.466 e. The molecule has 0 aliphatic carbocycles. The van der Waals surface area contributed by atoms with E-state index in [-0.39, 0.29) is 6.61 Å². The van der Waals surface area contributed by atoms with E-state index >= 15 is 0 Å². The van der Waals surface area contributed by atoms with E-state index in [0.29, 0.717) is 12.8 Å². The summed E-state index contributed by atoms with van der Waals surface area (Å²) in [7, 11) is -2.15. The van der Waals surface area contributed by atoms with Crippen LogP contribution in [-0.4, -0.2) is 45.8 Å². The molecule has 0 N–H and O–H groups in total. The number of ether oxygens (including phenoxy) is 2. The van der Waals surface area contributed by atoms with Crippen molar-refractivity contribution in [3.05, 3.63) is 0 Å². The van der Waals surface area contributed by atoms with Crippen LogP contribution in [0.1, 0.15) is 19.8 Å². The molecule has 1 atom stereocenters. The zero-order chi connectivity index (χ0) is 16.9. The number of methoxy groups -OCH3 is 1. The van der Waals surface area contributed by atoms with E-state index in [9.17, 15) is 22.8 Å². The van der Waals surface area contributed by atoms with Gasteiger partial charge in [-0.05, 0) is 26.1 Å². The summed E-state index contributed by atoms with van der Waals surface area (Å²) in [4.78, 5) is 23.6. The van der Waals surface area contributed by atoms with Crippen molar-refractivity contribution in [2.45, 2.75) is 51.2 Å². The molecule has 0 aliphatic rings. The highest BCUT2D eigenvalue weighted by atomic mass is 28.4. The van der Waals surface area contributed by atoms with Gasteiger partial charge in [-0.2, -0.15) is 13.2 Å². The van der Waals surface area contributed by atoms with Gasteiger partial charge in [-0.15, -0.1) is 0 Å². The summed E-state index contributed by atoms with van der Waals surface area (Å²) in [5.41, 5.74) is -3.72. The van der Waals surface area contributed by atoms with Gasteiger partial charge in [0.15, 0.2) is 8.32 Å². The van der Waals surface area contributed by atoms with E-state index in [1.54, 1.807) is 6.92 Å². The van der Waals surface area contributed by atoms with E-state index in [1.165, 1.54) is 19.6 Å². The maximum absolute atomic E-state index is 13.4. The molecule has 9 heteroatoms. The molecule has 21 heavy (non-hydrogen) atoms. The normalized spacial score (nSPS) is 15.2. The molecule has 0 aromatic heterocycles. The van der Waals surface area contributed by atoms with Gasteiger partial charge in [-0.1, -0.05) is 13.3 Å². The Hall–Kier alpha value is -1.09. The van der Waals surface area contributed by atoms with E-state index in [0.717, 1.165) is 7.11 Å². The first kappa shape index (κ1) is 19.9. The number of carbonyl (C=O) groups is 2. The Bertz CT molecular complexity index is 378. The highest BCUT2D eigenvalue weighted by Gasteiger charge is 2.71. The fourth-order valence-corrected chi connectivity index (χ4v) is 2.67. The van der Waals surface area contributed by atoms with Crippen molar-refractivity contribution in [3.63, 3.8) is 0 Å². The summed E-state index contributed by atoms with van der Waals surface area (Å²) >= 11 is 0. The van der Waals surface area contributed by atoms with E-state index in [4.69, 9.17) is 4.43 Å². The van der Waals surface area contributed by atoms with E-state index < -0.39 is 32.0 Å². The predicted molar refractivity (Wildman–Crippen MR) is 71.1 cm³/mol. The van der Waals surface area contributed by atoms with Crippen LogP contribution in [0, 0.1) is 0 Å². The molecule has 1 unspecified atom stereocenters. The Balaban J connectivity index is 5.69. The monoisotopic (exact) mass is 330 g/mol. The van der Waals surface area contributed by atoms with E-state index in [1.807, 2.05) is 0 Å². The Morgan fingerprint density at radius 1 is 1.10 bits per heavy atom. The molecule has 0 aromatic carbocycles. The molecule has 124 valence electrons. The highest BCUT2D eigenvalue weighted by molar-refractivity contribution is 6.70. The van der Waals surface area contributed by atoms with Gasteiger partial charge >= 0.3 is 23.7 Å². The lowest BCUT2D eigenvalue weighted by atomic mass is 10.0. The molecule has 0 saturated heterocycles. The van der Waals surface area contributed by atoms with Crippen molar-refractivity contribution in [2.24, 2.45) is 0 Å². The van der Waals surface area contributed by atoms with Crippen LogP contribution in [0.3, 0.4) is 0 Å². The second-order valence-electron chi connectivity index (χ2n) is 5.37. The molecule has 0 bridgehead atoms. The van der Waals surface area contributed by atoms with Gasteiger partial charge in [-0.3, -0.25) is 0 Å². The number of hydrogen-bond donors (Lipinski definition) is 0. The largest absolute Gasteiger partial charge is 0.466 e. The van der Waals surface area contributed by atoms with Crippen molar-refractivity contribution in [3.8, 4) is 0 Å². The zero-order valence-electron chi connectivity index (χ0n) is 12.8. The molecule has 0 aromatic rings. The number of rotatable bonds is 7. The Kier molecular flexibility index (Phi) is 6.88. The Labute approximate surface area is 122 Å². The van der Waals surface area contributed by atoms with Crippen LogP contribution in [0.5, 0.6) is 0 Å². The number of halogens is 3. The van der Waals surface area contributed by atoms with Crippen molar-refractivity contribution in [2.75, 3.05) is 13.7 Å². The lowest BCUT2D eigenvalue weighted by Gasteiger charge is -2.35. The molecule has 0 saturated carbocycles. The lowest BCUT2D eigenvalue weighted by molar-refractivity contribution is -0.257. The smallest absolute Gasteiger partial charge is 0.438 e. The van der Waals surface area contributed by atoms with Crippen LogP contribution in [0.25, 0.3) is 0 Å². The topological polar surface area (TPSA) is 61.8 Å². The van der Waals surface area contributed by atoms with Crippen LogP contribution in [0.2, 0.25) is 19.6 Å². The number of carbonyl (C=O) groups excluding carboxylic acids is 2. The van der Waals surface area contributed by atoms with Crippen LogP contribution < -0.4 is 0 Å². The first-order valence-electron chi connectivity index (χ1n) is 6.45. The molecule has 0 heterocycles. The molecule has 0 amide bonds. The average Bonchev–Trinajstić information content (AvgIpc) is 2.32. The highest BCUT2D eigenvalue weighted by Crippen LogP contribution is 2.38. The minimum atomic E-state index is -5.27. The number of alkyl halides is 3. The first-order valence-corrected chi connectivity index (χ1v) is 9.85. The first-order chi connectivity index (χ1) is 9.42. The van der Waals surface area contributed by atoms with Crippen LogP contribution in [0.15, 0.2) is 0 Å². The Morgan fingerprint density at radius 3 is 1.95 bits per heavy atom. The number of unbranched alkanes of at least 4 members (excludes halogenated alkanes) is 1. The average molecular weight is 330 g/mol. The third kappa shape index (κ3) is 4.99. The lowest BCUT2D eigenvalue weighted by Crippen LogP contribution is -2.64. The number of hydrogen-bond acceptors (Lipinski definition) is 5. The van der Waals surface area contributed by atoms with Gasteiger partial charge < -0.3 is 13.9 Å². The van der Waals surface area contributed by atoms with Crippen molar-refractivity contribution >= 4 is 20.3 Å². The maximum atomic E-state index is 13.4. The van der Waals surface area contributed by atoms with Gasteiger partial charge in [-0.25, -0.2) is 9.59 Å². The fraction of sp³-hybridized carbons (Fsp3) is 0.833. The van der Waals surface area contributed by atoms with Gasteiger partial charge in [0.05, 0.1) is 13.7 Å². The van der Waals surface area contributed by atoms with Crippen molar-refractivity contribution < 1.29 is 36.7 Å². The standard InChI is InChI=1S/C12H21F3O5Si/c1-6-7-8-19-10(17)11(9(16)18-2,12(13,14)15)20-21(3,4)5/h6-8H2,1-5H3. The van der Waals surface area contributed by atoms with Gasteiger partial charge in [0.25, 0.3) is 0 Å². The third-order valence-electron chi connectivity index (χ3n) is 2.35. The van der Waals surface area contributed by atoms with Crippen LogP contribution in [0.4, 0.5) is 13.2 Å². The molecular formula is C12H21F3O5Si. The third-order valence-corrected chi connectivity index (χ3v) is 3.27. The van der Waals surface area contributed by atoms with Crippen molar-refractivity contribution in [1.82, 2.24) is 0 Å². The number of esters is 2. The van der Waals surface area contributed by atoms with Gasteiger partial charge in [0.2, 0.25) is 0 Å². The second-order valence-corrected chi connectivity index (χ2v) is 9.80. The molecule has 0 aliphatic heterocycles. The molecule has 5 nitrogen and oxygen atoms in total.